The highest BCUT2D eigenvalue weighted by atomic mass is 31.2. The number of rotatable bonds is 11. The number of hydrogen-bond donors (Lipinski definition) is 8. The van der Waals surface area contributed by atoms with Gasteiger partial charge in [0, 0.05) is 13.1 Å². The molecule has 0 spiro atoms. The summed E-state index contributed by atoms with van der Waals surface area (Å²) in [7, 11) is -5.22. The lowest BCUT2D eigenvalue weighted by Gasteiger charge is -2.41. The maximum Gasteiger partial charge on any atom is 0.334 e. The molecular formula is C13H33NO9P2. The Hall–Kier alpha value is 0.460. The predicted molar refractivity (Wildman–Crippen MR) is 94.7 cm³/mol. The van der Waals surface area contributed by atoms with Crippen LogP contribution in [0.3, 0.4) is 0 Å². The van der Waals surface area contributed by atoms with E-state index in [4.69, 9.17) is 19.6 Å². The molecule has 0 aromatic heterocycles. The summed E-state index contributed by atoms with van der Waals surface area (Å²) >= 11 is 0. The Morgan fingerprint density at radius 1 is 0.800 bits per heavy atom. The Labute approximate surface area is 151 Å². The van der Waals surface area contributed by atoms with Gasteiger partial charge in [0.15, 0.2) is 0 Å². The summed E-state index contributed by atoms with van der Waals surface area (Å²) in [5, 5.41) is 38.4. The molecular weight excluding hydrogens is 376 g/mol. The van der Waals surface area contributed by atoms with E-state index in [1.165, 1.54) is 0 Å². The zero-order chi connectivity index (χ0) is 20.2. The summed E-state index contributed by atoms with van der Waals surface area (Å²) in [6, 6.07) is 0. The van der Waals surface area contributed by atoms with Gasteiger partial charge in [-0.25, -0.2) is 4.31 Å². The molecule has 10 nitrogen and oxygen atoms in total. The molecule has 1 atom stereocenters. The van der Waals surface area contributed by atoms with E-state index in [1.54, 1.807) is 0 Å². The third-order valence-corrected chi connectivity index (χ3v) is 4.35. The third-order valence-electron chi connectivity index (χ3n) is 3.18. The Morgan fingerprint density at radius 3 is 1.28 bits per heavy atom. The fourth-order valence-corrected chi connectivity index (χ4v) is 2.58. The van der Waals surface area contributed by atoms with E-state index in [0.29, 0.717) is 24.9 Å². The van der Waals surface area contributed by atoms with Gasteiger partial charge in [-0.1, -0.05) is 27.7 Å². The molecule has 0 aromatic carbocycles. The molecule has 0 fully saturated rings. The van der Waals surface area contributed by atoms with Crippen LogP contribution in [-0.4, -0.2) is 84.0 Å². The molecule has 0 rings (SSSR count). The van der Waals surface area contributed by atoms with Gasteiger partial charge >= 0.3 is 17.2 Å². The quantitative estimate of drug-likeness (QED) is 0.161. The second-order valence-electron chi connectivity index (χ2n) is 6.54. The molecule has 0 saturated heterocycles. The summed E-state index contributed by atoms with van der Waals surface area (Å²) in [6.45, 7) is 8.12. The molecule has 8 N–H and O–H groups in total. The van der Waals surface area contributed by atoms with Crippen molar-refractivity contribution in [3.05, 3.63) is 0 Å². The minimum absolute atomic E-state index is 0.354. The molecule has 0 radical (unpaired) electrons. The summed E-state index contributed by atoms with van der Waals surface area (Å²) in [5.74, 6) is 0.708. The maximum atomic E-state index is 10.4. The van der Waals surface area contributed by atoms with Gasteiger partial charge in [-0.15, -0.1) is 0 Å². The molecule has 154 valence electrons. The molecule has 0 aliphatic carbocycles. The van der Waals surface area contributed by atoms with Crippen molar-refractivity contribution in [1.82, 2.24) is 4.90 Å². The Kier molecular flexibility index (Phi) is 16.1. The van der Waals surface area contributed by atoms with Gasteiger partial charge in [0.2, 0.25) is 0 Å². The van der Waals surface area contributed by atoms with Crippen LogP contribution in [0.5, 0.6) is 0 Å². The van der Waals surface area contributed by atoms with E-state index in [1.807, 2.05) is 32.6 Å². The highest BCUT2D eigenvalue weighted by Gasteiger charge is 2.40. The first-order valence-corrected chi connectivity index (χ1v) is 10.1. The van der Waals surface area contributed by atoms with Crippen LogP contribution in [0.1, 0.15) is 27.7 Å². The van der Waals surface area contributed by atoms with Gasteiger partial charge < -0.3 is 40.0 Å². The Bertz CT molecular complexity index is 294. The Balaban J connectivity index is 0. The van der Waals surface area contributed by atoms with Gasteiger partial charge in [-0.2, -0.15) is 0 Å². The second kappa shape index (κ2) is 14.5. The average Bonchev–Trinajstić information content (AvgIpc) is 2.47. The number of aliphatic hydroxyl groups is 4. The van der Waals surface area contributed by atoms with Crippen LogP contribution in [0.25, 0.3) is 0 Å². The van der Waals surface area contributed by atoms with Crippen LogP contribution < -0.4 is 0 Å². The lowest BCUT2D eigenvalue weighted by Crippen LogP contribution is -2.55. The number of hydrogen-bond acceptors (Lipinski definition) is 10. The molecule has 12 heteroatoms. The van der Waals surface area contributed by atoms with Crippen molar-refractivity contribution in [2.75, 3.05) is 32.9 Å². The normalized spacial score (nSPS) is 13.8. The molecule has 0 amide bonds. The standard InChI is InChI=1S/C13H29NO4.H4O5P2/c1-10(2)5-14(6-11(3)4)12(18)13(7-15,8-16)9-17;1-6(2)5-7(3)4/h10-12,15-18H,5-9H2,1-4H3;1-4H. The largest absolute Gasteiger partial charge is 0.395 e. The average molecular weight is 409 g/mol. The first-order chi connectivity index (χ1) is 11.4. The van der Waals surface area contributed by atoms with Crippen LogP contribution in [0.2, 0.25) is 0 Å². The van der Waals surface area contributed by atoms with Gasteiger partial charge in [0.25, 0.3) is 0 Å². The van der Waals surface area contributed by atoms with E-state index in [0.717, 1.165) is 0 Å². The monoisotopic (exact) mass is 409 g/mol. The smallest absolute Gasteiger partial charge is 0.334 e. The van der Waals surface area contributed by atoms with E-state index in [2.05, 4.69) is 4.31 Å². The molecule has 0 saturated carbocycles. The number of nitrogens with zero attached hydrogens (tertiary/aromatic N) is 1. The topological polar surface area (TPSA) is 174 Å². The lowest BCUT2D eigenvalue weighted by atomic mass is 9.87. The maximum absolute atomic E-state index is 10.4. The SMILES string of the molecule is CC(C)CN(CC(C)C)C(O)C(CO)(CO)CO.OP(O)OP(O)O. The second-order valence-corrected chi connectivity index (χ2v) is 8.20. The predicted octanol–water partition coefficient (Wildman–Crippen LogP) is -0.692. The molecule has 0 heterocycles. The third kappa shape index (κ3) is 12.5. The zero-order valence-corrected chi connectivity index (χ0v) is 16.9. The summed E-state index contributed by atoms with van der Waals surface area (Å²) in [5.41, 5.74) is -1.27. The van der Waals surface area contributed by atoms with Crippen molar-refractivity contribution in [2.24, 2.45) is 17.3 Å². The summed E-state index contributed by atoms with van der Waals surface area (Å²) < 4.78 is 3.60. The van der Waals surface area contributed by atoms with Crippen molar-refractivity contribution in [1.29, 1.82) is 0 Å². The van der Waals surface area contributed by atoms with E-state index in [-0.39, 0.29) is 0 Å². The van der Waals surface area contributed by atoms with Crippen molar-refractivity contribution < 1.29 is 44.3 Å². The van der Waals surface area contributed by atoms with Gasteiger partial charge in [-0.05, 0) is 11.8 Å². The van der Waals surface area contributed by atoms with E-state index in [9.17, 15) is 20.4 Å². The molecule has 1 unspecified atom stereocenters. The first-order valence-electron chi connectivity index (χ1n) is 7.74. The molecule has 0 aromatic rings. The fourth-order valence-electron chi connectivity index (χ4n) is 2.06. The van der Waals surface area contributed by atoms with Crippen molar-refractivity contribution in [3.8, 4) is 0 Å². The van der Waals surface area contributed by atoms with Crippen molar-refractivity contribution in [3.63, 3.8) is 0 Å². The van der Waals surface area contributed by atoms with Gasteiger partial charge in [0.1, 0.15) is 6.23 Å². The molecule has 0 bridgehead atoms. The molecule has 25 heavy (non-hydrogen) atoms. The zero-order valence-electron chi connectivity index (χ0n) is 15.1. The highest BCUT2D eigenvalue weighted by Crippen LogP contribution is 2.41. The van der Waals surface area contributed by atoms with Crippen LogP contribution in [0.4, 0.5) is 0 Å². The van der Waals surface area contributed by atoms with Crippen molar-refractivity contribution >= 4 is 17.2 Å². The minimum Gasteiger partial charge on any atom is -0.395 e. The van der Waals surface area contributed by atoms with E-state index >= 15 is 0 Å². The first kappa shape index (κ1) is 27.7. The van der Waals surface area contributed by atoms with Gasteiger partial charge in [-0.3, -0.25) is 4.90 Å². The van der Waals surface area contributed by atoms with Gasteiger partial charge in [0.05, 0.1) is 25.2 Å². The van der Waals surface area contributed by atoms with Crippen LogP contribution in [0.15, 0.2) is 0 Å². The highest BCUT2D eigenvalue weighted by molar-refractivity contribution is 7.53. The van der Waals surface area contributed by atoms with E-state index < -0.39 is 48.7 Å². The minimum atomic E-state index is -2.61. The Morgan fingerprint density at radius 2 is 1.12 bits per heavy atom. The molecule has 0 aliphatic heterocycles. The number of aliphatic hydroxyl groups excluding tert-OH is 4. The molecule has 0 aliphatic rings. The van der Waals surface area contributed by atoms with Crippen molar-refractivity contribution in [2.45, 2.75) is 33.9 Å². The fraction of sp³-hybridized carbons (Fsp3) is 1.00. The van der Waals surface area contributed by atoms with Crippen LogP contribution >= 0.6 is 17.2 Å². The summed E-state index contributed by atoms with van der Waals surface area (Å²) in [4.78, 5) is 33.1. The van der Waals surface area contributed by atoms with Crippen LogP contribution in [0, 0.1) is 17.3 Å². The lowest BCUT2D eigenvalue weighted by molar-refractivity contribution is -0.155. The van der Waals surface area contributed by atoms with Crippen LogP contribution in [-0.2, 0) is 4.31 Å². The summed E-state index contributed by atoms with van der Waals surface area (Å²) in [6.07, 6.45) is -1.05.